The van der Waals surface area contributed by atoms with Crippen molar-refractivity contribution in [1.29, 1.82) is 0 Å². The predicted octanol–water partition coefficient (Wildman–Crippen LogP) is 4.83. The number of thiophene rings is 1. The largest absolute Gasteiger partial charge is 0.324 e. The van der Waals surface area contributed by atoms with Crippen LogP contribution in [0.3, 0.4) is 0 Å². The van der Waals surface area contributed by atoms with Gasteiger partial charge in [-0.2, -0.15) is 5.10 Å². The van der Waals surface area contributed by atoms with E-state index in [-0.39, 0.29) is 5.91 Å². The van der Waals surface area contributed by atoms with Gasteiger partial charge in [0, 0.05) is 10.7 Å². The fraction of sp³-hybridized carbons (Fsp3) is 0.188. The second kappa shape index (κ2) is 6.88. The van der Waals surface area contributed by atoms with Crippen LogP contribution in [-0.4, -0.2) is 20.7 Å². The molecule has 124 valence electrons. The topological polar surface area (TPSA) is 62.7 Å². The van der Waals surface area contributed by atoms with Crippen molar-refractivity contribution in [2.45, 2.75) is 19.9 Å². The van der Waals surface area contributed by atoms with Crippen LogP contribution in [0.2, 0.25) is 5.02 Å². The Kier molecular flexibility index (Phi) is 4.84. The molecule has 2 heterocycles. The molecule has 2 aromatic heterocycles. The Morgan fingerprint density at radius 1 is 1.46 bits per heavy atom. The maximum absolute atomic E-state index is 12.7. The number of aromatic nitrogens is 3. The first kappa shape index (κ1) is 16.9. The highest BCUT2D eigenvalue weighted by molar-refractivity contribution is 7.71. The van der Waals surface area contributed by atoms with Crippen LogP contribution in [-0.2, 0) is 4.79 Å². The fourth-order valence-corrected chi connectivity index (χ4v) is 3.50. The fourth-order valence-electron chi connectivity index (χ4n) is 2.33. The van der Waals surface area contributed by atoms with Crippen LogP contribution >= 0.6 is 35.2 Å². The van der Waals surface area contributed by atoms with Gasteiger partial charge in [-0.05, 0) is 55.2 Å². The number of anilines is 1. The van der Waals surface area contributed by atoms with Crippen molar-refractivity contribution in [3.05, 3.63) is 51.1 Å². The molecule has 3 rings (SSSR count). The molecule has 0 saturated heterocycles. The molecule has 0 fully saturated rings. The van der Waals surface area contributed by atoms with Gasteiger partial charge < -0.3 is 5.32 Å². The number of carbonyl (C=O) groups excluding carboxylic acids is 1. The lowest BCUT2D eigenvalue weighted by molar-refractivity contribution is -0.118. The maximum Gasteiger partial charge on any atom is 0.247 e. The summed E-state index contributed by atoms with van der Waals surface area (Å²) in [6.07, 6.45) is 0. The summed E-state index contributed by atoms with van der Waals surface area (Å²) in [5, 5.41) is 12.5. The van der Waals surface area contributed by atoms with Gasteiger partial charge in [0.15, 0.2) is 10.6 Å². The van der Waals surface area contributed by atoms with Crippen molar-refractivity contribution in [2.24, 2.45) is 0 Å². The van der Waals surface area contributed by atoms with E-state index in [0.29, 0.717) is 21.3 Å². The minimum absolute atomic E-state index is 0.185. The molecule has 0 bridgehead atoms. The Labute approximate surface area is 153 Å². The third-order valence-electron chi connectivity index (χ3n) is 3.67. The third kappa shape index (κ3) is 3.28. The van der Waals surface area contributed by atoms with Crippen LogP contribution in [0, 0.1) is 11.7 Å². The Hall–Kier alpha value is -1.96. The smallest absolute Gasteiger partial charge is 0.247 e. The number of aryl methyl sites for hydroxylation is 1. The van der Waals surface area contributed by atoms with Crippen molar-refractivity contribution in [3.8, 4) is 10.7 Å². The van der Waals surface area contributed by atoms with Crippen molar-refractivity contribution in [2.75, 3.05) is 5.32 Å². The van der Waals surface area contributed by atoms with Crippen LogP contribution in [0.4, 0.5) is 5.69 Å². The number of amides is 1. The Bertz CT molecular complexity index is 930. The van der Waals surface area contributed by atoms with E-state index in [4.69, 9.17) is 23.8 Å². The summed E-state index contributed by atoms with van der Waals surface area (Å²) in [5.74, 6) is 0.469. The normalized spacial score (nSPS) is 12.1. The van der Waals surface area contributed by atoms with Gasteiger partial charge in [-0.15, -0.1) is 11.3 Å². The van der Waals surface area contributed by atoms with Gasteiger partial charge in [-0.25, -0.2) is 0 Å². The Morgan fingerprint density at radius 2 is 2.25 bits per heavy atom. The molecule has 2 N–H and O–H groups in total. The van der Waals surface area contributed by atoms with Gasteiger partial charge >= 0.3 is 0 Å². The molecule has 0 spiro atoms. The summed E-state index contributed by atoms with van der Waals surface area (Å²) < 4.78 is 2.12. The van der Waals surface area contributed by atoms with Crippen molar-refractivity contribution < 1.29 is 4.79 Å². The predicted molar refractivity (Wildman–Crippen MR) is 100 cm³/mol. The number of carbonyl (C=O) groups is 1. The number of H-pyrrole nitrogens is 1. The molecule has 1 unspecified atom stereocenters. The molecule has 0 aliphatic carbocycles. The number of halogens is 1. The third-order valence-corrected chi connectivity index (χ3v) is 5.06. The van der Waals surface area contributed by atoms with Gasteiger partial charge in [0.1, 0.15) is 6.04 Å². The molecular formula is C16H15ClN4OS2. The van der Waals surface area contributed by atoms with Gasteiger partial charge in [0.2, 0.25) is 5.91 Å². The first-order valence-electron chi connectivity index (χ1n) is 7.25. The monoisotopic (exact) mass is 378 g/mol. The summed E-state index contributed by atoms with van der Waals surface area (Å²) >= 11 is 12.9. The maximum atomic E-state index is 12.7. The molecular weight excluding hydrogens is 364 g/mol. The second-order valence-corrected chi connectivity index (χ2v) is 7.09. The number of aromatic amines is 1. The molecule has 1 amide bonds. The van der Waals surface area contributed by atoms with Crippen LogP contribution in [0.25, 0.3) is 10.7 Å². The first-order valence-corrected chi connectivity index (χ1v) is 8.91. The summed E-state index contributed by atoms with van der Waals surface area (Å²) in [5.41, 5.74) is 1.63. The quantitative estimate of drug-likeness (QED) is 0.639. The Balaban J connectivity index is 1.91. The average Bonchev–Trinajstić information content (AvgIpc) is 3.19. The molecule has 3 aromatic rings. The molecule has 0 aliphatic heterocycles. The van der Waals surface area contributed by atoms with Gasteiger partial charge in [0.05, 0.1) is 4.88 Å². The second-order valence-electron chi connectivity index (χ2n) is 5.32. The van der Waals surface area contributed by atoms with Crippen LogP contribution in [0.5, 0.6) is 0 Å². The molecule has 0 aliphatic rings. The van der Waals surface area contributed by atoms with E-state index in [0.717, 1.165) is 10.4 Å². The van der Waals surface area contributed by atoms with Crippen LogP contribution in [0.15, 0.2) is 35.7 Å². The van der Waals surface area contributed by atoms with E-state index in [1.807, 2.05) is 30.5 Å². The lowest BCUT2D eigenvalue weighted by Crippen LogP contribution is -2.24. The van der Waals surface area contributed by atoms with E-state index >= 15 is 0 Å². The van der Waals surface area contributed by atoms with Crippen LogP contribution < -0.4 is 5.32 Å². The average molecular weight is 379 g/mol. The van der Waals surface area contributed by atoms with Crippen molar-refractivity contribution in [1.82, 2.24) is 14.8 Å². The lowest BCUT2D eigenvalue weighted by Gasteiger charge is -2.16. The number of nitrogens with zero attached hydrogens (tertiary/aromatic N) is 2. The number of nitrogens with one attached hydrogen (secondary N) is 2. The zero-order valence-corrected chi connectivity index (χ0v) is 15.4. The number of rotatable bonds is 4. The highest BCUT2D eigenvalue weighted by atomic mass is 35.5. The number of hydrogen-bond acceptors (Lipinski definition) is 4. The van der Waals surface area contributed by atoms with Gasteiger partial charge in [-0.3, -0.25) is 14.5 Å². The molecule has 5 nitrogen and oxygen atoms in total. The van der Waals surface area contributed by atoms with E-state index in [1.165, 1.54) is 0 Å². The van der Waals surface area contributed by atoms with E-state index in [1.54, 1.807) is 35.0 Å². The molecule has 0 saturated carbocycles. The molecule has 8 heteroatoms. The van der Waals surface area contributed by atoms with E-state index in [9.17, 15) is 4.79 Å². The summed E-state index contributed by atoms with van der Waals surface area (Å²) in [7, 11) is 0. The van der Waals surface area contributed by atoms with Crippen molar-refractivity contribution in [3.63, 3.8) is 0 Å². The summed E-state index contributed by atoms with van der Waals surface area (Å²) in [4.78, 5) is 13.6. The zero-order valence-electron chi connectivity index (χ0n) is 13.0. The first-order chi connectivity index (χ1) is 11.5. The molecule has 1 aromatic carbocycles. The molecule has 24 heavy (non-hydrogen) atoms. The van der Waals surface area contributed by atoms with Gasteiger partial charge in [-0.1, -0.05) is 23.7 Å². The number of benzene rings is 1. The van der Waals surface area contributed by atoms with Gasteiger partial charge in [0.25, 0.3) is 0 Å². The van der Waals surface area contributed by atoms with Crippen LogP contribution in [0.1, 0.15) is 18.5 Å². The zero-order chi connectivity index (χ0) is 17.3. The number of hydrogen-bond donors (Lipinski definition) is 2. The van der Waals surface area contributed by atoms with E-state index < -0.39 is 6.04 Å². The SMILES string of the molecule is Cc1ccc(Cl)cc1NC(=O)C(C)n1c(-c2cccs2)n[nH]c1=S. The lowest BCUT2D eigenvalue weighted by atomic mass is 10.2. The molecule has 0 radical (unpaired) electrons. The molecule has 1 atom stereocenters. The highest BCUT2D eigenvalue weighted by Crippen LogP contribution is 2.27. The Morgan fingerprint density at radius 3 is 2.96 bits per heavy atom. The standard InChI is InChI=1S/C16H15ClN4OS2/c1-9-5-6-11(17)8-12(9)18-15(22)10(2)21-14(19-20-16(21)23)13-4-3-7-24-13/h3-8,10H,1-2H3,(H,18,22)(H,20,23). The summed E-state index contributed by atoms with van der Waals surface area (Å²) in [6, 6.07) is 8.74. The summed E-state index contributed by atoms with van der Waals surface area (Å²) in [6.45, 7) is 3.70. The van der Waals surface area contributed by atoms with E-state index in [2.05, 4.69) is 15.5 Å². The highest BCUT2D eigenvalue weighted by Gasteiger charge is 2.21. The van der Waals surface area contributed by atoms with Crippen molar-refractivity contribution >= 4 is 46.8 Å². The minimum Gasteiger partial charge on any atom is -0.324 e. The minimum atomic E-state index is -0.522.